The molecule has 0 spiro atoms. The minimum atomic E-state index is 0.0224. The molecule has 0 aliphatic carbocycles. The van der Waals surface area contributed by atoms with Gasteiger partial charge in [0, 0.05) is 27.4 Å². The Balaban J connectivity index is 1.73. The van der Waals surface area contributed by atoms with E-state index in [0.29, 0.717) is 12.5 Å². The summed E-state index contributed by atoms with van der Waals surface area (Å²) < 4.78 is 6.36. The lowest BCUT2D eigenvalue weighted by Crippen LogP contribution is -2.12. The number of hydrogen-bond acceptors (Lipinski definition) is 2. The van der Waals surface area contributed by atoms with Gasteiger partial charge in [0.2, 0.25) is 5.91 Å². The molecule has 3 aromatic rings. The number of fused-ring (bicyclic) bond motifs is 5. The Morgan fingerprint density at radius 1 is 1.21 bits per heavy atom. The third kappa shape index (κ3) is 2.36. The highest BCUT2D eigenvalue weighted by Crippen LogP contribution is 2.39. The van der Waals surface area contributed by atoms with Crippen LogP contribution in [0.1, 0.15) is 11.1 Å². The molecular formula is C19H15BrN2O2. The van der Waals surface area contributed by atoms with Crippen molar-refractivity contribution in [1.29, 1.82) is 0 Å². The fourth-order valence-electron chi connectivity index (χ4n) is 3.47. The van der Waals surface area contributed by atoms with Crippen molar-refractivity contribution < 1.29 is 9.53 Å². The van der Waals surface area contributed by atoms with Crippen LogP contribution in [0.5, 0.6) is 0 Å². The third-order valence-electron chi connectivity index (χ3n) is 4.70. The van der Waals surface area contributed by atoms with E-state index in [1.54, 1.807) is 0 Å². The molecule has 0 radical (unpaired) electrons. The van der Waals surface area contributed by atoms with Gasteiger partial charge in [-0.25, -0.2) is 0 Å². The van der Waals surface area contributed by atoms with Gasteiger partial charge in [-0.15, -0.1) is 0 Å². The molecule has 1 atom stereocenters. The van der Waals surface area contributed by atoms with E-state index < -0.39 is 0 Å². The Morgan fingerprint density at radius 2 is 2.08 bits per heavy atom. The maximum absolute atomic E-state index is 12.4. The molecule has 1 aromatic heterocycles. The largest absolute Gasteiger partial charge is 0.373 e. The van der Waals surface area contributed by atoms with Crippen molar-refractivity contribution in [3.8, 4) is 11.3 Å². The van der Waals surface area contributed by atoms with Crippen LogP contribution in [0.4, 0.5) is 5.69 Å². The molecule has 3 heterocycles. The van der Waals surface area contributed by atoms with E-state index in [1.165, 1.54) is 5.56 Å². The minimum absolute atomic E-state index is 0.0224. The Morgan fingerprint density at radius 3 is 2.92 bits per heavy atom. The lowest BCUT2D eigenvalue weighted by molar-refractivity contribution is -0.115. The van der Waals surface area contributed by atoms with E-state index in [2.05, 4.69) is 44.4 Å². The zero-order chi connectivity index (χ0) is 16.3. The minimum Gasteiger partial charge on any atom is -0.373 e. The van der Waals surface area contributed by atoms with Crippen LogP contribution in [0.3, 0.4) is 0 Å². The van der Waals surface area contributed by atoms with Crippen molar-refractivity contribution in [2.75, 3.05) is 11.9 Å². The Kier molecular flexibility index (Phi) is 3.08. The van der Waals surface area contributed by atoms with Crippen LogP contribution in [0.15, 0.2) is 40.9 Å². The number of aromatic nitrogens is 1. The second-order valence-corrected chi connectivity index (χ2v) is 7.35. The molecular weight excluding hydrogens is 368 g/mol. The molecule has 2 aliphatic rings. The summed E-state index contributed by atoms with van der Waals surface area (Å²) in [6.07, 6.45) is 1.64. The van der Waals surface area contributed by atoms with Crippen LogP contribution in [0.2, 0.25) is 0 Å². The van der Waals surface area contributed by atoms with E-state index >= 15 is 0 Å². The maximum atomic E-state index is 12.4. The molecule has 1 fully saturated rings. The highest BCUT2D eigenvalue weighted by Gasteiger charge is 2.26. The topological polar surface area (TPSA) is 57.4 Å². The number of ether oxygens (including phenoxy) is 1. The average molecular weight is 383 g/mol. The Bertz CT molecular complexity index is 988. The van der Waals surface area contributed by atoms with Crippen LogP contribution in [-0.2, 0) is 22.4 Å². The quantitative estimate of drug-likeness (QED) is 0.657. The van der Waals surface area contributed by atoms with Gasteiger partial charge in [0.05, 0.1) is 30.5 Å². The standard InChI is InChI=1S/C19H15BrN2O2/c20-11-2-4-16-13(7-11)14-8-18(23)21-17-3-1-10(5-12-9-24-12)6-15(17)19(14)22-16/h1-4,6-7,12,22H,5,8-9H2,(H,21,23)/t12-/m1/s1. The van der Waals surface area contributed by atoms with Crippen LogP contribution >= 0.6 is 15.9 Å². The number of anilines is 1. The number of aromatic amines is 1. The first-order valence-electron chi connectivity index (χ1n) is 8.02. The summed E-state index contributed by atoms with van der Waals surface area (Å²) in [4.78, 5) is 15.9. The van der Waals surface area contributed by atoms with Crippen molar-refractivity contribution in [3.63, 3.8) is 0 Å². The molecule has 0 saturated carbocycles. The van der Waals surface area contributed by atoms with Crippen LogP contribution in [-0.4, -0.2) is 23.6 Å². The van der Waals surface area contributed by atoms with Gasteiger partial charge in [-0.3, -0.25) is 4.79 Å². The van der Waals surface area contributed by atoms with Gasteiger partial charge >= 0.3 is 0 Å². The van der Waals surface area contributed by atoms with Gasteiger partial charge in [-0.05, 0) is 41.5 Å². The van der Waals surface area contributed by atoms with Gasteiger partial charge in [-0.2, -0.15) is 0 Å². The monoisotopic (exact) mass is 382 g/mol. The van der Waals surface area contributed by atoms with Gasteiger partial charge in [0.15, 0.2) is 0 Å². The zero-order valence-corrected chi connectivity index (χ0v) is 14.4. The fourth-order valence-corrected chi connectivity index (χ4v) is 3.83. The molecule has 5 rings (SSSR count). The molecule has 2 aliphatic heterocycles. The Hall–Kier alpha value is -2.11. The summed E-state index contributed by atoms with van der Waals surface area (Å²) in [6.45, 7) is 0.847. The van der Waals surface area contributed by atoms with Crippen LogP contribution in [0, 0.1) is 0 Å². The summed E-state index contributed by atoms with van der Waals surface area (Å²) in [6, 6.07) is 12.4. The highest BCUT2D eigenvalue weighted by atomic mass is 79.9. The number of carbonyl (C=O) groups is 1. The molecule has 0 bridgehead atoms. The summed E-state index contributed by atoms with van der Waals surface area (Å²) in [5.74, 6) is 0.0224. The molecule has 2 N–H and O–H groups in total. The number of amides is 1. The number of nitrogens with one attached hydrogen (secondary N) is 2. The van der Waals surface area contributed by atoms with E-state index in [9.17, 15) is 4.79 Å². The lowest BCUT2D eigenvalue weighted by atomic mass is 10.00. The fraction of sp³-hybridized carbons (Fsp3) is 0.211. The summed E-state index contributed by atoms with van der Waals surface area (Å²) in [7, 11) is 0. The van der Waals surface area contributed by atoms with E-state index in [0.717, 1.165) is 50.9 Å². The third-order valence-corrected chi connectivity index (χ3v) is 5.19. The van der Waals surface area contributed by atoms with Gasteiger partial charge in [-0.1, -0.05) is 22.0 Å². The SMILES string of the molecule is O=C1Cc2c([nH]c3ccc(Br)cc23)-c2cc(C[C@@H]3CO3)ccc2N1. The number of epoxide rings is 1. The summed E-state index contributed by atoms with van der Waals surface area (Å²) in [5, 5.41) is 4.12. The van der Waals surface area contributed by atoms with Crippen molar-refractivity contribution in [1.82, 2.24) is 4.98 Å². The summed E-state index contributed by atoms with van der Waals surface area (Å²) in [5.41, 5.74) is 6.31. The van der Waals surface area contributed by atoms with Crippen molar-refractivity contribution in [3.05, 3.63) is 52.0 Å². The average Bonchev–Trinajstić information content (AvgIpc) is 3.32. The van der Waals surface area contributed by atoms with E-state index in [4.69, 9.17) is 4.74 Å². The number of carbonyl (C=O) groups excluding carboxylic acids is 1. The van der Waals surface area contributed by atoms with Gasteiger partial charge < -0.3 is 15.0 Å². The Labute approximate surface area is 147 Å². The molecule has 1 saturated heterocycles. The lowest BCUT2D eigenvalue weighted by Gasteiger charge is -2.09. The van der Waals surface area contributed by atoms with Crippen molar-refractivity contribution >= 4 is 38.4 Å². The van der Waals surface area contributed by atoms with E-state index in [1.807, 2.05) is 18.2 Å². The molecule has 24 heavy (non-hydrogen) atoms. The molecule has 120 valence electrons. The number of halogens is 1. The zero-order valence-electron chi connectivity index (χ0n) is 12.9. The van der Waals surface area contributed by atoms with Crippen LogP contribution in [0.25, 0.3) is 22.2 Å². The number of benzene rings is 2. The molecule has 5 heteroatoms. The number of rotatable bonds is 2. The molecule has 1 amide bonds. The van der Waals surface area contributed by atoms with Crippen molar-refractivity contribution in [2.24, 2.45) is 0 Å². The van der Waals surface area contributed by atoms with Crippen LogP contribution < -0.4 is 5.32 Å². The smallest absolute Gasteiger partial charge is 0.228 e. The van der Waals surface area contributed by atoms with Gasteiger partial charge in [0.25, 0.3) is 0 Å². The summed E-state index contributed by atoms with van der Waals surface area (Å²) >= 11 is 3.53. The highest BCUT2D eigenvalue weighted by molar-refractivity contribution is 9.10. The first kappa shape index (κ1) is 14.3. The maximum Gasteiger partial charge on any atom is 0.228 e. The predicted octanol–water partition coefficient (Wildman–Crippen LogP) is 4.03. The normalized spacial score (nSPS) is 18.7. The first-order chi connectivity index (χ1) is 11.7. The van der Waals surface area contributed by atoms with E-state index in [-0.39, 0.29) is 5.91 Å². The molecule has 2 aromatic carbocycles. The number of hydrogen-bond donors (Lipinski definition) is 2. The van der Waals surface area contributed by atoms with Gasteiger partial charge in [0.1, 0.15) is 0 Å². The second kappa shape index (κ2) is 5.19. The first-order valence-corrected chi connectivity index (χ1v) is 8.81. The molecule has 0 unspecified atom stereocenters. The number of H-pyrrole nitrogens is 1. The van der Waals surface area contributed by atoms with Crippen molar-refractivity contribution in [2.45, 2.75) is 18.9 Å². The molecule has 4 nitrogen and oxygen atoms in total. The second-order valence-electron chi connectivity index (χ2n) is 6.43. The predicted molar refractivity (Wildman–Crippen MR) is 97.2 cm³/mol.